The minimum atomic E-state index is -5.13. The second kappa shape index (κ2) is 20.8. The zero-order chi connectivity index (χ0) is 41.0. The zero-order valence-electron chi connectivity index (χ0n) is 31.9. The molecular formula is C41H47F3O13. The average molecular weight is 805 g/mol. The Morgan fingerprint density at radius 2 is 0.982 bits per heavy atom. The Bertz CT molecular complexity index is 1700. The lowest BCUT2D eigenvalue weighted by Crippen LogP contribution is -2.64. The minimum absolute atomic E-state index is 0.0494. The van der Waals surface area contributed by atoms with E-state index in [1.165, 1.54) is 7.11 Å². The van der Waals surface area contributed by atoms with Crippen molar-refractivity contribution in [2.24, 2.45) is 5.92 Å². The first-order valence-electron chi connectivity index (χ1n) is 18.3. The van der Waals surface area contributed by atoms with Crippen molar-refractivity contribution in [1.82, 2.24) is 0 Å². The van der Waals surface area contributed by atoms with Crippen LogP contribution in [0, 0.1) is 5.92 Å². The van der Waals surface area contributed by atoms with Crippen LogP contribution in [0.5, 0.6) is 0 Å². The quantitative estimate of drug-likeness (QED) is 0.126. The van der Waals surface area contributed by atoms with E-state index in [9.17, 15) is 14.4 Å². The highest BCUT2D eigenvalue weighted by molar-refractivity contribution is 5.68. The Morgan fingerprint density at radius 3 is 1.44 bits per heavy atom. The van der Waals surface area contributed by atoms with E-state index in [0.29, 0.717) is 0 Å². The number of halogens is 3. The molecule has 13 nitrogen and oxygen atoms in total. The van der Waals surface area contributed by atoms with Gasteiger partial charge < -0.3 is 47.4 Å². The number of alkyl halides is 3. The van der Waals surface area contributed by atoms with Gasteiger partial charge in [0.1, 0.15) is 43.0 Å². The van der Waals surface area contributed by atoms with Gasteiger partial charge in [-0.15, -0.1) is 0 Å². The van der Waals surface area contributed by atoms with E-state index in [0.717, 1.165) is 37.5 Å². The molecule has 2 aliphatic heterocycles. The number of methoxy groups -OCH3 is 1. The Morgan fingerprint density at radius 1 is 0.544 bits per heavy atom. The topological polar surface area (TPSA) is 144 Å². The van der Waals surface area contributed by atoms with E-state index in [2.05, 4.69) is 0 Å². The summed E-state index contributed by atoms with van der Waals surface area (Å²) in [6.45, 7) is 2.00. The summed E-state index contributed by atoms with van der Waals surface area (Å²) in [4.78, 5) is 36.0. The Kier molecular flexibility index (Phi) is 16.0. The highest BCUT2D eigenvalue weighted by Crippen LogP contribution is 2.42. The predicted molar refractivity (Wildman–Crippen MR) is 193 cm³/mol. The lowest BCUT2D eigenvalue weighted by atomic mass is 9.89. The molecule has 310 valence electrons. The van der Waals surface area contributed by atoms with Crippen LogP contribution < -0.4 is 0 Å². The Balaban J connectivity index is 1.49. The number of benzene rings is 3. The van der Waals surface area contributed by atoms with Crippen molar-refractivity contribution >= 4 is 17.9 Å². The van der Waals surface area contributed by atoms with Crippen molar-refractivity contribution in [2.45, 2.75) is 102 Å². The monoisotopic (exact) mass is 804 g/mol. The lowest BCUT2D eigenvalue weighted by molar-refractivity contribution is -0.362. The maximum atomic E-state index is 15.0. The van der Waals surface area contributed by atoms with Gasteiger partial charge in [0, 0.05) is 27.9 Å². The van der Waals surface area contributed by atoms with Crippen LogP contribution in [-0.4, -0.2) is 99.7 Å². The Labute approximate surface area is 328 Å². The van der Waals surface area contributed by atoms with Gasteiger partial charge in [-0.1, -0.05) is 91.0 Å². The van der Waals surface area contributed by atoms with Crippen LogP contribution in [0.2, 0.25) is 0 Å². The van der Waals surface area contributed by atoms with Gasteiger partial charge in [-0.05, 0) is 16.7 Å². The van der Waals surface area contributed by atoms with Crippen LogP contribution >= 0.6 is 0 Å². The summed E-state index contributed by atoms with van der Waals surface area (Å²) in [7, 11) is 1.39. The zero-order valence-corrected chi connectivity index (χ0v) is 31.9. The minimum Gasteiger partial charge on any atom is -0.463 e. The molecule has 0 N–H and O–H groups in total. The second-order valence-corrected chi connectivity index (χ2v) is 13.5. The summed E-state index contributed by atoms with van der Waals surface area (Å²) in [6, 6.07) is 27.9. The van der Waals surface area contributed by atoms with Crippen molar-refractivity contribution in [3.05, 3.63) is 108 Å². The van der Waals surface area contributed by atoms with Crippen LogP contribution in [0.4, 0.5) is 13.2 Å². The van der Waals surface area contributed by atoms with E-state index in [-0.39, 0.29) is 19.8 Å². The van der Waals surface area contributed by atoms with Crippen LogP contribution in [0.1, 0.15) is 37.5 Å². The normalized spacial score (nSPS) is 27.6. The van der Waals surface area contributed by atoms with Gasteiger partial charge in [-0.2, -0.15) is 13.2 Å². The molecule has 0 saturated carbocycles. The highest BCUT2D eigenvalue weighted by Gasteiger charge is 2.61. The van der Waals surface area contributed by atoms with Gasteiger partial charge in [0.2, 0.25) is 0 Å². The molecule has 0 aliphatic carbocycles. The summed E-state index contributed by atoms with van der Waals surface area (Å²) in [6.07, 6.45) is -18.0. The number of hydrogen-bond acceptors (Lipinski definition) is 13. The van der Waals surface area contributed by atoms with Gasteiger partial charge in [0.25, 0.3) is 0 Å². The molecule has 2 fully saturated rings. The molecule has 0 aromatic heterocycles. The van der Waals surface area contributed by atoms with E-state index in [1.807, 2.05) is 91.0 Å². The van der Waals surface area contributed by atoms with Gasteiger partial charge in [-0.3, -0.25) is 14.4 Å². The first-order valence-corrected chi connectivity index (χ1v) is 18.3. The van der Waals surface area contributed by atoms with Crippen molar-refractivity contribution in [2.75, 3.05) is 20.3 Å². The van der Waals surface area contributed by atoms with Crippen LogP contribution in [-0.2, 0) is 81.6 Å². The number of rotatable bonds is 17. The summed E-state index contributed by atoms with van der Waals surface area (Å²) >= 11 is 0. The molecule has 57 heavy (non-hydrogen) atoms. The van der Waals surface area contributed by atoms with Gasteiger partial charge in [0.05, 0.1) is 26.4 Å². The fraction of sp³-hybridized carbons (Fsp3) is 0.488. The van der Waals surface area contributed by atoms with E-state index >= 15 is 13.2 Å². The Hall–Kier alpha value is -4.42. The standard InChI is InChI=1S/C41H47F3O13/c1-25(45)49-23-32-35(54-26(2)46)36(55-27(3)47)33(41(42,43)44)39(56-32)53-24-31-34(50-20-28-14-8-5-9-15-28)37(51-21-29-16-10-6-11-17-29)38(40(48-4)57-31)52-22-30-18-12-7-13-19-30/h5-19,31-40H,20-24H2,1-4H3/t31-,32-,33-,34-,35-,36-,37?,38-,39?,40+/m1/s1. The largest absolute Gasteiger partial charge is 0.463 e. The number of esters is 3. The molecule has 2 heterocycles. The maximum absolute atomic E-state index is 15.0. The van der Waals surface area contributed by atoms with Crippen molar-refractivity contribution in [1.29, 1.82) is 0 Å². The van der Waals surface area contributed by atoms with Crippen LogP contribution in [0.25, 0.3) is 0 Å². The number of ether oxygens (including phenoxy) is 10. The molecule has 2 unspecified atom stereocenters. The molecule has 0 spiro atoms. The molecule has 10 atom stereocenters. The molecule has 0 amide bonds. The summed E-state index contributed by atoms with van der Waals surface area (Å²) in [5.74, 6) is -5.54. The van der Waals surface area contributed by atoms with Crippen LogP contribution in [0.15, 0.2) is 91.0 Å². The van der Waals surface area contributed by atoms with E-state index < -0.39 is 98.5 Å². The fourth-order valence-electron chi connectivity index (χ4n) is 6.65. The third kappa shape index (κ3) is 12.5. The lowest BCUT2D eigenvalue weighted by Gasteiger charge is -2.47. The maximum Gasteiger partial charge on any atom is 0.400 e. The summed E-state index contributed by atoms with van der Waals surface area (Å²) in [5, 5.41) is 0. The van der Waals surface area contributed by atoms with Gasteiger partial charge >= 0.3 is 24.1 Å². The average Bonchev–Trinajstić information content (AvgIpc) is 3.18. The molecule has 2 saturated heterocycles. The summed E-state index contributed by atoms with van der Waals surface area (Å²) < 4.78 is 104. The number of hydrogen-bond donors (Lipinski definition) is 0. The molecule has 0 radical (unpaired) electrons. The summed E-state index contributed by atoms with van der Waals surface area (Å²) in [5.41, 5.74) is 2.47. The van der Waals surface area contributed by atoms with E-state index in [1.54, 1.807) is 0 Å². The van der Waals surface area contributed by atoms with Crippen LogP contribution in [0.3, 0.4) is 0 Å². The predicted octanol–water partition coefficient (Wildman–Crippen LogP) is 5.46. The fourth-order valence-corrected chi connectivity index (χ4v) is 6.65. The van der Waals surface area contributed by atoms with Crippen molar-refractivity contribution < 1.29 is 74.9 Å². The molecule has 3 aromatic carbocycles. The molecule has 3 aromatic rings. The van der Waals surface area contributed by atoms with E-state index in [4.69, 9.17) is 47.4 Å². The molecule has 5 rings (SSSR count). The molecular weight excluding hydrogens is 757 g/mol. The van der Waals surface area contributed by atoms with Gasteiger partial charge in [0.15, 0.2) is 24.8 Å². The smallest absolute Gasteiger partial charge is 0.400 e. The highest BCUT2D eigenvalue weighted by atomic mass is 19.4. The van der Waals surface area contributed by atoms with Crippen molar-refractivity contribution in [3.63, 3.8) is 0 Å². The molecule has 2 aliphatic rings. The van der Waals surface area contributed by atoms with Crippen molar-refractivity contribution in [3.8, 4) is 0 Å². The third-order valence-electron chi connectivity index (χ3n) is 9.18. The number of carbonyl (C=O) groups is 3. The SMILES string of the molecule is CO[C@H]1O[C@H](COC2O[C@H](COC(C)=O)[C@@H](OC(C)=O)[C@H](OC(C)=O)[C@H]2C(F)(F)F)[C@@H](OCc2ccccc2)C(OCc2ccccc2)[C@H]1OCc1ccccc1. The second-order valence-electron chi connectivity index (χ2n) is 13.5. The number of carbonyl (C=O) groups excluding carboxylic acids is 3. The first-order chi connectivity index (χ1) is 27.3. The first kappa shape index (κ1) is 43.7. The van der Waals surface area contributed by atoms with Gasteiger partial charge in [-0.25, -0.2) is 0 Å². The molecule has 16 heteroatoms. The third-order valence-corrected chi connectivity index (χ3v) is 9.18. The molecule has 0 bridgehead atoms.